The highest BCUT2D eigenvalue weighted by molar-refractivity contribution is 5.91. The molecule has 0 fully saturated rings. The molecule has 0 radical (unpaired) electrons. The van der Waals surface area contributed by atoms with E-state index in [4.69, 9.17) is 0 Å². The van der Waals surface area contributed by atoms with E-state index < -0.39 is 0 Å². The lowest BCUT2D eigenvalue weighted by atomic mass is 10.3. The second kappa shape index (κ2) is 5.69. The number of nitrogens with one attached hydrogen (secondary N) is 1. The summed E-state index contributed by atoms with van der Waals surface area (Å²) < 4.78 is 3.68. The first kappa shape index (κ1) is 13.3. The van der Waals surface area contributed by atoms with Gasteiger partial charge in [-0.15, -0.1) is 0 Å². The van der Waals surface area contributed by atoms with Crippen molar-refractivity contribution in [2.24, 2.45) is 0 Å². The monoisotopic (exact) mass is 261 g/mol. The zero-order valence-electron chi connectivity index (χ0n) is 11.6. The lowest BCUT2D eigenvalue weighted by molar-refractivity contribution is -0.116. The molecule has 1 N–H and O–H groups in total. The Kier molecular flexibility index (Phi) is 3.99. The smallest absolute Gasteiger partial charge is 0.226 e. The summed E-state index contributed by atoms with van der Waals surface area (Å²) in [6.45, 7) is 7.33. The van der Waals surface area contributed by atoms with Gasteiger partial charge in [0.05, 0.1) is 17.6 Å². The zero-order valence-corrected chi connectivity index (χ0v) is 11.6. The standard InChI is InChI=1S/C13H19N5O/c1-4-17-11(3)12(9-15-17)16-13(19)6-8-18-10(2)5-7-14-18/h5,7,9H,4,6,8H2,1-3H3,(H,16,19). The maximum atomic E-state index is 11.9. The summed E-state index contributed by atoms with van der Waals surface area (Å²) in [5.41, 5.74) is 2.82. The van der Waals surface area contributed by atoms with E-state index in [0.717, 1.165) is 23.6 Å². The minimum atomic E-state index is -0.0198. The molecular formula is C13H19N5O. The van der Waals surface area contributed by atoms with Crippen LogP contribution >= 0.6 is 0 Å². The number of aromatic nitrogens is 4. The second-order valence-electron chi connectivity index (χ2n) is 4.45. The number of nitrogens with zero attached hydrogens (tertiary/aromatic N) is 4. The van der Waals surface area contributed by atoms with Gasteiger partial charge in [-0.2, -0.15) is 10.2 Å². The largest absolute Gasteiger partial charge is 0.323 e. The fraction of sp³-hybridized carbons (Fsp3) is 0.462. The van der Waals surface area contributed by atoms with Gasteiger partial charge in [0.2, 0.25) is 5.91 Å². The summed E-state index contributed by atoms with van der Waals surface area (Å²) >= 11 is 0. The summed E-state index contributed by atoms with van der Waals surface area (Å²) in [6, 6.07) is 1.92. The van der Waals surface area contributed by atoms with Gasteiger partial charge in [0.15, 0.2) is 0 Å². The Labute approximate surface area is 112 Å². The number of carbonyl (C=O) groups excluding carboxylic acids is 1. The highest BCUT2D eigenvalue weighted by atomic mass is 16.1. The Morgan fingerprint density at radius 3 is 2.68 bits per heavy atom. The van der Waals surface area contributed by atoms with Crippen molar-refractivity contribution in [3.8, 4) is 0 Å². The molecule has 0 spiro atoms. The maximum absolute atomic E-state index is 11.9. The third-order valence-electron chi connectivity index (χ3n) is 3.16. The highest BCUT2D eigenvalue weighted by Gasteiger charge is 2.09. The number of rotatable bonds is 5. The van der Waals surface area contributed by atoms with Gasteiger partial charge < -0.3 is 5.32 Å². The maximum Gasteiger partial charge on any atom is 0.226 e. The van der Waals surface area contributed by atoms with Crippen LogP contribution in [0.1, 0.15) is 24.7 Å². The molecule has 0 saturated carbocycles. The number of hydrogen-bond acceptors (Lipinski definition) is 3. The van der Waals surface area contributed by atoms with Gasteiger partial charge in [-0.3, -0.25) is 14.2 Å². The minimum Gasteiger partial charge on any atom is -0.323 e. The summed E-state index contributed by atoms with van der Waals surface area (Å²) in [6.07, 6.45) is 3.83. The summed E-state index contributed by atoms with van der Waals surface area (Å²) in [5.74, 6) is -0.0198. The van der Waals surface area contributed by atoms with E-state index in [-0.39, 0.29) is 5.91 Å². The fourth-order valence-corrected chi connectivity index (χ4v) is 1.94. The minimum absolute atomic E-state index is 0.0198. The van der Waals surface area contributed by atoms with Crippen LogP contribution in [0.4, 0.5) is 5.69 Å². The van der Waals surface area contributed by atoms with Crippen molar-refractivity contribution in [2.45, 2.75) is 40.3 Å². The van der Waals surface area contributed by atoms with Crippen LogP contribution in [0.3, 0.4) is 0 Å². The first-order valence-electron chi connectivity index (χ1n) is 6.42. The third kappa shape index (κ3) is 3.01. The number of anilines is 1. The van der Waals surface area contributed by atoms with Gasteiger partial charge in [-0.1, -0.05) is 0 Å². The van der Waals surface area contributed by atoms with Gasteiger partial charge in [-0.05, 0) is 26.8 Å². The van der Waals surface area contributed by atoms with Crippen LogP contribution in [0, 0.1) is 13.8 Å². The van der Waals surface area contributed by atoms with Crippen LogP contribution in [0.5, 0.6) is 0 Å². The molecule has 0 saturated heterocycles. The van der Waals surface area contributed by atoms with Gasteiger partial charge in [0.25, 0.3) is 0 Å². The van der Waals surface area contributed by atoms with Crippen LogP contribution < -0.4 is 5.32 Å². The number of amides is 1. The van der Waals surface area contributed by atoms with Crippen molar-refractivity contribution in [1.82, 2.24) is 19.6 Å². The highest BCUT2D eigenvalue weighted by Crippen LogP contribution is 2.13. The average Bonchev–Trinajstić information content (AvgIpc) is 2.95. The van der Waals surface area contributed by atoms with Crippen molar-refractivity contribution in [2.75, 3.05) is 5.32 Å². The molecule has 0 aliphatic heterocycles. The van der Waals surface area contributed by atoms with E-state index >= 15 is 0 Å². The van der Waals surface area contributed by atoms with E-state index in [1.54, 1.807) is 12.4 Å². The Morgan fingerprint density at radius 1 is 1.32 bits per heavy atom. The molecule has 0 bridgehead atoms. The van der Waals surface area contributed by atoms with Crippen molar-refractivity contribution < 1.29 is 4.79 Å². The molecule has 1 amide bonds. The van der Waals surface area contributed by atoms with E-state index in [1.807, 2.05) is 36.2 Å². The number of hydrogen-bond donors (Lipinski definition) is 1. The van der Waals surface area contributed by atoms with Crippen molar-refractivity contribution in [3.05, 3.63) is 29.8 Å². The van der Waals surface area contributed by atoms with Crippen molar-refractivity contribution in [3.63, 3.8) is 0 Å². The molecule has 0 aromatic carbocycles. The van der Waals surface area contributed by atoms with Gasteiger partial charge in [0, 0.05) is 31.4 Å². The van der Waals surface area contributed by atoms with Crippen LogP contribution in [0.2, 0.25) is 0 Å². The predicted octanol–water partition coefficient (Wildman–Crippen LogP) is 1.75. The molecule has 6 nitrogen and oxygen atoms in total. The average molecular weight is 261 g/mol. The first-order chi connectivity index (χ1) is 9.11. The van der Waals surface area contributed by atoms with E-state index in [1.165, 1.54) is 0 Å². The van der Waals surface area contributed by atoms with E-state index in [9.17, 15) is 4.79 Å². The van der Waals surface area contributed by atoms with Crippen LogP contribution in [0.25, 0.3) is 0 Å². The lowest BCUT2D eigenvalue weighted by Crippen LogP contribution is -2.16. The Balaban J connectivity index is 1.91. The lowest BCUT2D eigenvalue weighted by Gasteiger charge is -2.06. The van der Waals surface area contributed by atoms with Crippen LogP contribution in [-0.2, 0) is 17.9 Å². The van der Waals surface area contributed by atoms with Crippen LogP contribution in [0.15, 0.2) is 18.5 Å². The third-order valence-corrected chi connectivity index (χ3v) is 3.16. The van der Waals surface area contributed by atoms with Gasteiger partial charge >= 0.3 is 0 Å². The molecule has 2 rings (SSSR count). The molecule has 6 heteroatoms. The van der Waals surface area contributed by atoms with E-state index in [0.29, 0.717) is 13.0 Å². The molecule has 0 unspecified atom stereocenters. The number of carbonyl (C=O) groups is 1. The van der Waals surface area contributed by atoms with Gasteiger partial charge in [-0.25, -0.2) is 0 Å². The van der Waals surface area contributed by atoms with E-state index in [2.05, 4.69) is 15.5 Å². The Hall–Kier alpha value is -2.11. The Morgan fingerprint density at radius 2 is 2.11 bits per heavy atom. The molecule has 0 atom stereocenters. The normalized spacial score (nSPS) is 10.7. The molecule has 19 heavy (non-hydrogen) atoms. The quantitative estimate of drug-likeness (QED) is 0.891. The zero-order chi connectivity index (χ0) is 13.8. The summed E-state index contributed by atoms with van der Waals surface area (Å²) in [4.78, 5) is 11.9. The first-order valence-corrected chi connectivity index (χ1v) is 6.42. The van der Waals surface area contributed by atoms with Crippen molar-refractivity contribution >= 4 is 11.6 Å². The predicted molar refractivity (Wildman–Crippen MR) is 72.8 cm³/mol. The molecule has 2 heterocycles. The summed E-state index contributed by atoms with van der Waals surface area (Å²) in [7, 11) is 0. The van der Waals surface area contributed by atoms with Crippen LogP contribution in [-0.4, -0.2) is 25.5 Å². The molecule has 0 aliphatic rings. The molecule has 2 aromatic rings. The Bertz CT molecular complexity index is 569. The molecular weight excluding hydrogens is 242 g/mol. The molecule has 2 aromatic heterocycles. The second-order valence-corrected chi connectivity index (χ2v) is 4.45. The number of aryl methyl sites for hydroxylation is 3. The van der Waals surface area contributed by atoms with Gasteiger partial charge in [0.1, 0.15) is 0 Å². The topological polar surface area (TPSA) is 64.7 Å². The summed E-state index contributed by atoms with van der Waals surface area (Å²) in [5, 5.41) is 11.2. The molecule has 102 valence electrons. The fourth-order valence-electron chi connectivity index (χ4n) is 1.94. The van der Waals surface area contributed by atoms with Crippen molar-refractivity contribution in [1.29, 1.82) is 0 Å². The molecule has 0 aliphatic carbocycles. The SMILES string of the molecule is CCn1ncc(NC(=O)CCn2nccc2C)c1C.